The Balaban J connectivity index is 1.71. The van der Waals surface area contributed by atoms with Crippen molar-refractivity contribution in [2.75, 3.05) is 7.05 Å². The molecule has 2 aliphatic heterocycles. The van der Waals surface area contributed by atoms with Gasteiger partial charge < -0.3 is 5.11 Å². The summed E-state index contributed by atoms with van der Waals surface area (Å²) in [5.74, 6) is 0.231. The molecule has 2 aliphatic rings. The largest absolute Gasteiger partial charge is 0.508 e. The van der Waals surface area contributed by atoms with Crippen molar-refractivity contribution in [3.63, 3.8) is 0 Å². The van der Waals surface area contributed by atoms with Crippen LogP contribution in [-0.2, 0) is 0 Å². The number of piperidine rings is 1. The number of benzene rings is 1. The summed E-state index contributed by atoms with van der Waals surface area (Å²) in [5.41, 5.74) is 0. The fourth-order valence-corrected chi connectivity index (χ4v) is 4.33. The molecule has 1 saturated heterocycles. The number of phenols is 1. The molecule has 1 N–H and O–H groups in total. The van der Waals surface area contributed by atoms with E-state index < -0.39 is 0 Å². The van der Waals surface area contributed by atoms with Gasteiger partial charge >= 0.3 is 0 Å². The Morgan fingerprint density at radius 3 is 2.56 bits per heavy atom. The molecule has 3 rings (SSSR count). The summed E-state index contributed by atoms with van der Waals surface area (Å²) in [6.07, 6.45) is 6.99. The molecule has 0 spiro atoms. The first kappa shape index (κ1) is 12.4. The van der Waals surface area contributed by atoms with Gasteiger partial charge in [-0.15, -0.1) is 11.8 Å². The molecule has 0 amide bonds. The van der Waals surface area contributed by atoms with E-state index in [2.05, 4.69) is 24.1 Å². The van der Waals surface area contributed by atoms with Gasteiger partial charge in [0.2, 0.25) is 0 Å². The van der Waals surface area contributed by atoms with Crippen molar-refractivity contribution in [3.05, 3.63) is 35.4 Å². The van der Waals surface area contributed by atoms with Crippen LogP contribution in [0.2, 0.25) is 5.02 Å². The normalized spacial score (nSPS) is 30.9. The molecular formula is C14H16ClNOS. The highest BCUT2D eigenvalue weighted by atomic mass is 35.5. The first-order valence-corrected chi connectivity index (χ1v) is 7.44. The van der Waals surface area contributed by atoms with Crippen molar-refractivity contribution < 1.29 is 5.11 Å². The molecule has 0 aliphatic carbocycles. The molecule has 2 heterocycles. The number of phenolic OH excluding ortho intramolecular Hbond substituents is 1. The summed E-state index contributed by atoms with van der Waals surface area (Å²) < 4.78 is 0. The third-order valence-electron chi connectivity index (χ3n) is 3.82. The third-order valence-corrected chi connectivity index (χ3v) is 5.57. The molecule has 18 heavy (non-hydrogen) atoms. The number of hydrogen-bond donors (Lipinski definition) is 1. The van der Waals surface area contributed by atoms with Crippen LogP contribution in [0.1, 0.15) is 12.8 Å². The lowest BCUT2D eigenvalue weighted by Crippen LogP contribution is -2.41. The van der Waals surface area contributed by atoms with E-state index in [1.807, 2.05) is 17.8 Å². The van der Waals surface area contributed by atoms with Crippen LogP contribution in [0.25, 0.3) is 0 Å². The van der Waals surface area contributed by atoms with Gasteiger partial charge in [-0.25, -0.2) is 0 Å². The minimum absolute atomic E-state index is 0.231. The second kappa shape index (κ2) is 4.80. The lowest BCUT2D eigenvalue weighted by atomic mass is 10.0. The van der Waals surface area contributed by atoms with E-state index in [1.165, 1.54) is 12.8 Å². The lowest BCUT2D eigenvalue weighted by Gasteiger charge is -2.36. The summed E-state index contributed by atoms with van der Waals surface area (Å²) in [5, 5.41) is 10.6. The monoisotopic (exact) mass is 281 g/mol. The third kappa shape index (κ3) is 2.27. The molecule has 0 radical (unpaired) electrons. The van der Waals surface area contributed by atoms with Crippen molar-refractivity contribution in [1.82, 2.24) is 4.90 Å². The minimum Gasteiger partial charge on any atom is -0.508 e. The Morgan fingerprint density at radius 2 is 1.94 bits per heavy atom. The maximum absolute atomic E-state index is 9.36. The molecule has 4 heteroatoms. The van der Waals surface area contributed by atoms with E-state index in [4.69, 9.17) is 11.6 Å². The summed E-state index contributed by atoms with van der Waals surface area (Å²) in [6.45, 7) is 0. The van der Waals surface area contributed by atoms with Gasteiger partial charge in [0.05, 0.1) is 5.02 Å². The number of likely N-dealkylation sites (N-methyl/N-ethyl adjacent to an activating group) is 1. The van der Waals surface area contributed by atoms with Crippen molar-refractivity contribution >= 4 is 23.4 Å². The smallest absolute Gasteiger partial charge is 0.117 e. The molecule has 2 bridgehead atoms. The lowest BCUT2D eigenvalue weighted by molar-refractivity contribution is 0.200. The fourth-order valence-electron chi connectivity index (χ4n) is 2.76. The minimum atomic E-state index is 0.231. The molecule has 0 unspecified atom stereocenters. The van der Waals surface area contributed by atoms with Gasteiger partial charge in [0, 0.05) is 22.2 Å². The van der Waals surface area contributed by atoms with Crippen molar-refractivity contribution in [3.8, 4) is 5.75 Å². The molecule has 3 atom stereocenters. The number of aromatic hydroxyl groups is 1. The van der Waals surface area contributed by atoms with Gasteiger partial charge in [-0.2, -0.15) is 0 Å². The van der Waals surface area contributed by atoms with Gasteiger partial charge in [-0.05, 0) is 38.1 Å². The van der Waals surface area contributed by atoms with Gasteiger partial charge in [0.15, 0.2) is 0 Å². The molecule has 2 nitrogen and oxygen atoms in total. The van der Waals surface area contributed by atoms with E-state index >= 15 is 0 Å². The zero-order chi connectivity index (χ0) is 12.7. The second-order valence-electron chi connectivity index (χ2n) is 5.01. The van der Waals surface area contributed by atoms with Gasteiger partial charge in [0.25, 0.3) is 0 Å². The van der Waals surface area contributed by atoms with Crippen molar-refractivity contribution in [1.29, 1.82) is 0 Å². The summed E-state index contributed by atoms with van der Waals surface area (Å²) in [6, 6.07) is 6.40. The predicted molar refractivity (Wildman–Crippen MR) is 76.5 cm³/mol. The Hall–Kier alpha value is -0.640. The summed E-state index contributed by atoms with van der Waals surface area (Å²) in [7, 11) is 2.20. The zero-order valence-corrected chi connectivity index (χ0v) is 11.8. The molecule has 0 aromatic heterocycles. The Morgan fingerprint density at radius 1 is 1.28 bits per heavy atom. The summed E-state index contributed by atoms with van der Waals surface area (Å²) in [4.78, 5) is 3.51. The number of fused-ring (bicyclic) bond motifs is 2. The van der Waals surface area contributed by atoms with Crippen LogP contribution in [0.15, 0.2) is 35.2 Å². The highest BCUT2D eigenvalue weighted by Crippen LogP contribution is 2.41. The number of nitrogens with zero attached hydrogens (tertiary/aromatic N) is 1. The predicted octanol–water partition coefficient (Wildman–Crippen LogP) is 3.54. The first-order chi connectivity index (χ1) is 8.63. The van der Waals surface area contributed by atoms with Crippen LogP contribution in [0.5, 0.6) is 5.75 Å². The highest BCUT2D eigenvalue weighted by molar-refractivity contribution is 8.00. The number of thioether (sulfide) groups is 1. The molecule has 1 aromatic carbocycles. The number of rotatable bonds is 2. The standard InChI is InChI=1S/C14H16ClNOS/c1-16-9-2-3-10(16)7-12(6-9)18-14-5-4-11(17)8-13(14)15/h2-5,8-10,12,17H,6-7H2,1H3/t9-,10+,12-. The Labute approximate surface area is 117 Å². The molecular weight excluding hydrogens is 266 g/mol. The average molecular weight is 282 g/mol. The highest BCUT2D eigenvalue weighted by Gasteiger charge is 2.35. The van der Waals surface area contributed by atoms with Crippen molar-refractivity contribution in [2.45, 2.75) is 35.1 Å². The van der Waals surface area contributed by atoms with Crippen molar-refractivity contribution in [2.24, 2.45) is 0 Å². The van der Waals surface area contributed by atoms with Crippen LogP contribution < -0.4 is 0 Å². The molecule has 1 aromatic rings. The van der Waals surface area contributed by atoms with E-state index in [0.29, 0.717) is 22.4 Å². The van der Waals surface area contributed by atoms with E-state index in [9.17, 15) is 5.11 Å². The second-order valence-corrected chi connectivity index (χ2v) is 6.76. The zero-order valence-electron chi connectivity index (χ0n) is 10.2. The summed E-state index contributed by atoms with van der Waals surface area (Å²) >= 11 is 8.00. The quantitative estimate of drug-likeness (QED) is 0.839. The average Bonchev–Trinajstić information content (AvgIpc) is 2.57. The van der Waals surface area contributed by atoms with E-state index in [1.54, 1.807) is 12.1 Å². The van der Waals surface area contributed by atoms with Crippen LogP contribution in [0, 0.1) is 0 Å². The van der Waals surface area contributed by atoms with Gasteiger partial charge in [-0.1, -0.05) is 23.8 Å². The SMILES string of the molecule is CN1[C@@H]2C=C[C@H]1C[C@H](Sc1ccc(O)cc1Cl)C2. The van der Waals surface area contributed by atoms with E-state index in [-0.39, 0.29) is 5.75 Å². The van der Waals surface area contributed by atoms with Gasteiger partial charge in [-0.3, -0.25) is 4.90 Å². The topological polar surface area (TPSA) is 23.5 Å². The first-order valence-electron chi connectivity index (χ1n) is 6.19. The Bertz CT molecular complexity index is 475. The van der Waals surface area contributed by atoms with Gasteiger partial charge in [0.1, 0.15) is 5.75 Å². The van der Waals surface area contributed by atoms with Crippen LogP contribution in [-0.4, -0.2) is 34.4 Å². The molecule has 96 valence electrons. The van der Waals surface area contributed by atoms with Crippen LogP contribution >= 0.6 is 23.4 Å². The maximum atomic E-state index is 9.36. The fraction of sp³-hybridized carbons (Fsp3) is 0.429. The Kier molecular flexibility index (Phi) is 3.31. The van der Waals surface area contributed by atoms with Crippen LogP contribution in [0.4, 0.5) is 0 Å². The maximum Gasteiger partial charge on any atom is 0.117 e. The van der Waals surface area contributed by atoms with Crippen LogP contribution in [0.3, 0.4) is 0 Å². The van der Waals surface area contributed by atoms with E-state index in [0.717, 1.165) is 4.90 Å². The number of halogens is 1. The molecule has 1 fully saturated rings. The molecule has 0 saturated carbocycles. The number of hydrogen-bond acceptors (Lipinski definition) is 3.